The van der Waals surface area contributed by atoms with Crippen molar-refractivity contribution in [2.24, 2.45) is 5.92 Å². The van der Waals surface area contributed by atoms with Crippen LogP contribution in [0.5, 0.6) is 0 Å². The molecule has 0 aromatic carbocycles. The summed E-state index contributed by atoms with van der Waals surface area (Å²) >= 11 is 0. The van der Waals surface area contributed by atoms with Gasteiger partial charge in [-0.2, -0.15) is 0 Å². The monoisotopic (exact) mass is 171 g/mol. The third-order valence-corrected chi connectivity index (χ3v) is 1.24. The molecule has 0 aromatic rings. The minimum atomic E-state index is -0.488. The Kier molecular flexibility index (Phi) is 3.43. The second-order valence-electron chi connectivity index (χ2n) is 4.22. The first kappa shape index (κ1) is 11.1. The molecular formula is C9H17NO2. The van der Waals surface area contributed by atoms with E-state index in [1.54, 1.807) is 13.8 Å². The molecular weight excluding hydrogens is 154 g/mol. The molecule has 0 aliphatic carbocycles. The first-order chi connectivity index (χ1) is 5.24. The van der Waals surface area contributed by atoms with Gasteiger partial charge in [-0.05, 0) is 20.8 Å². The van der Waals surface area contributed by atoms with Gasteiger partial charge in [0, 0.05) is 11.5 Å². The normalized spacial score (nSPS) is 11.5. The average Bonchev–Trinajstić information content (AvgIpc) is 1.82. The molecule has 0 saturated carbocycles. The second kappa shape index (κ2) is 3.70. The zero-order valence-electron chi connectivity index (χ0n) is 8.39. The van der Waals surface area contributed by atoms with Crippen LogP contribution in [0, 0.1) is 5.92 Å². The summed E-state index contributed by atoms with van der Waals surface area (Å²) in [6.07, 6.45) is 0. The van der Waals surface area contributed by atoms with Crippen molar-refractivity contribution >= 4 is 11.7 Å². The summed E-state index contributed by atoms with van der Waals surface area (Å²) in [6.45, 7) is 8.96. The van der Waals surface area contributed by atoms with Gasteiger partial charge in [0.15, 0.2) is 0 Å². The lowest BCUT2D eigenvalue weighted by atomic mass is 10.1. The topological polar surface area (TPSA) is 46.2 Å². The summed E-state index contributed by atoms with van der Waals surface area (Å²) in [5.41, 5.74) is -0.332. The highest BCUT2D eigenvalue weighted by atomic mass is 16.2. The summed E-state index contributed by atoms with van der Waals surface area (Å²) in [4.78, 5) is 22.2. The summed E-state index contributed by atoms with van der Waals surface area (Å²) < 4.78 is 0. The number of hydrogen-bond donors (Lipinski definition) is 1. The fraction of sp³-hybridized carbons (Fsp3) is 0.778. The van der Waals surface area contributed by atoms with Gasteiger partial charge < -0.3 is 5.32 Å². The number of ketones is 1. The zero-order chi connectivity index (χ0) is 9.94. The van der Waals surface area contributed by atoms with E-state index in [0.717, 1.165) is 0 Å². The summed E-state index contributed by atoms with van der Waals surface area (Å²) in [7, 11) is 0. The SMILES string of the molecule is CC(C)C(=O)C(=O)NC(C)(C)C. The van der Waals surface area contributed by atoms with Crippen LogP contribution in [0.4, 0.5) is 0 Å². The van der Waals surface area contributed by atoms with Crippen molar-refractivity contribution in [1.29, 1.82) is 0 Å². The van der Waals surface area contributed by atoms with Crippen LogP contribution in [0.1, 0.15) is 34.6 Å². The number of Topliss-reactive ketones (excluding diaryl/α,β-unsaturated/α-hetero) is 1. The van der Waals surface area contributed by atoms with Gasteiger partial charge in [0.05, 0.1) is 0 Å². The molecule has 0 aromatic heterocycles. The third kappa shape index (κ3) is 4.11. The molecule has 0 atom stereocenters. The molecule has 0 spiro atoms. The van der Waals surface area contributed by atoms with Crippen LogP contribution >= 0.6 is 0 Å². The largest absolute Gasteiger partial charge is 0.345 e. The van der Waals surface area contributed by atoms with Gasteiger partial charge in [-0.1, -0.05) is 13.8 Å². The van der Waals surface area contributed by atoms with Crippen LogP contribution in [0.15, 0.2) is 0 Å². The van der Waals surface area contributed by atoms with Crippen molar-refractivity contribution < 1.29 is 9.59 Å². The van der Waals surface area contributed by atoms with Crippen LogP contribution in [0.25, 0.3) is 0 Å². The maximum absolute atomic E-state index is 11.1. The first-order valence-corrected chi connectivity index (χ1v) is 4.10. The van der Waals surface area contributed by atoms with E-state index in [-0.39, 0.29) is 17.2 Å². The minimum Gasteiger partial charge on any atom is -0.345 e. The Morgan fingerprint density at radius 3 is 1.83 bits per heavy atom. The Balaban J connectivity index is 4.15. The van der Waals surface area contributed by atoms with Crippen molar-refractivity contribution in [3.05, 3.63) is 0 Å². The van der Waals surface area contributed by atoms with E-state index in [1.807, 2.05) is 20.8 Å². The van der Waals surface area contributed by atoms with Gasteiger partial charge >= 0.3 is 0 Å². The number of hydrogen-bond acceptors (Lipinski definition) is 2. The third-order valence-electron chi connectivity index (χ3n) is 1.24. The predicted octanol–water partition coefficient (Wildman–Crippen LogP) is 1.13. The van der Waals surface area contributed by atoms with E-state index in [1.165, 1.54) is 0 Å². The number of nitrogens with one attached hydrogen (secondary N) is 1. The van der Waals surface area contributed by atoms with E-state index >= 15 is 0 Å². The standard InChI is InChI=1S/C9H17NO2/c1-6(2)7(11)8(12)10-9(3,4)5/h6H,1-5H3,(H,10,12). The molecule has 3 nitrogen and oxygen atoms in total. The smallest absolute Gasteiger partial charge is 0.288 e. The lowest BCUT2D eigenvalue weighted by molar-refractivity contribution is -0.140. The maximum atomic E-state index is 11.1. The fourth-order valence-electron chi connectivity index (χ4n) is 0.664. The van der Waals surface area contributed by atoms with Crippen molar-refractivity contribution in [1.82, 2.24) is 5.32 Å². The molecule has 70 valence electrons. The quantitative estimate of drug-likeness (QED) is 0.633. The van der Waals surface area contributed by atoms with Crippen molar-refractivity contribution in [3.8, 4) is 0 Å². The molecule has 0 unspecified atom stereocenters. The van der Waals surface area contributed by atoms with Crippen LogP contribution in [-0.4, -0.2) is 17.2 Å². The second-order valence-corrected chi connectivity index (χ2v) is 4.22. The van der Waals surface area contributed by atoms with Gasteiger partial charge in [0.1, 0.15) is 0 Å². The van der Waals surface area contributed by atoms with E-state index in [9.17, 15) is 9.59 Å². The van der Waals surface area contributed by atoms with E-state index in [2.05, 4.69) is 5.32 Å². The number of carbonyl (C=O) groups excluding carboxylic acids is 2. The van der Waals surface area contributed by atoms with Crippen molar-refractivity contribution in [3.63, 3.8) is 0 Å². The minimum absolute atomic E-state index is 0.229. The number of amides is 1. The lowest BCUT2D eigenvalue weighted by Gasteiger charge is -2.20. The van der Waals surface area contributed by atoms with E-state index in [4.69, 9.17) is 0 Å². The summed E-state index contributed by atoms with van der Waals surface area (Å²) in [6, 6.07) is 0. The van der Waals surface area contributed by atoms with Gasteiger partial charge in [-0.25, -0.2) is 0 Å². The van der Waals surface area contributed by atoms with Crippen molar-refractivity contribution in [2.75, 3.05) is 0 Å². The summed E-state index contributed by atoms with van der Waals surface area (Å²) in [5, 5.41) is 2.61. The van der Waals surface area contributed by atoms with Gasteiger partial charge in [-0.15, -0.1) is 0 Å². The number of rotatable bonds is 2. The fourth-order valence-corrected chi connectivity index (χ4v) is 0.664. The maximum Gasteiger partial charge on any atom is 0.288 e. The molecule has 12 heavy (non-hydrogen) atoms. The molecule has 0 aliphatic heterocycles. The van der Waals surface area contributed by atoms with Crippen molar-refractivity contribution in [2.45, 2.75) is 40.2 Å². The highest BCUT2D eigenvalue weighted by Gasteiger charge is 2.21. The molecule has 3 heteroatoms. The molecule has 0 fully saturated rings. The molecule has 0 rings (SSSR count). The van der Waals surface area contributed by atoms with Crippen LogP contribution in [0.2, 0.25) is 0 Å². The molecule has 1 amide bonds. The van der Waals surface area contributed by atoms with Gasteiger partial charge in [0.25, 0.3) is 5.91 Å². The zero-order valence-corrected chi connectivity index (χ0v) is 8.39. The van der Waals surface area contributed by atoms with Gasteiger partial charge in [-0.3, -0.25) is 9.59 Å². The van der Waals surface area contributed by atoms with Crippen LogP contribution in [-0.2, 0) is 9.59 Å². The van der Waals surface area contributed by atoms with Gasteiger partial charge in [0.2, 0.25) is 5.78 Å². The van der Waals surface area contributed by atoms with Crippen LogP contribution < -0.4 is 5.32 Å². The Morgan fingerprint density at radius 1 is 1.17 bits per heavy atom. The Labute approximate surface area is 73.5 Å². The van der Waals surface area contributed by atoms with Crippen LogP contribution in [0.3, 0.4) is 0 Å². The summed E-state index contributed by atoms with van der Waals surface area (Å²) in [5.74, 6) is -1.07. The predicted molar refractivity (Wildman–Crippen MR) is 47.7 cm³/mol. The molecule has 0 bridgehead atoms. The Hall–Kier alpha value is -0.860. The first-order valence-electron chi connectivity index (χ1n) is 4.10. The molecule has 0 radical (unpaired) electrons. The molecule has 0 aliphatic rings. The highest BCUT2D eigenvalue weighted by molar-refractivity contribution is 6.36. The molecule has 0 saturated heterocycles. The average molecular weight is 171 g/mol. The molecule has 0 heterocycles. The Bertz CT molecular complexity index is 189. The van der Waals surface area contributed by atoms with E-state index in [0.29, 0.717) is 0 Å². The van der Waals surface area contributed by atoms with E-state index < -0.39 is 5.91 Å². The Morgan fingerprint density at radius 2 is 1.58 bits per heavy atom. The highest BCUT2D eigenvalue weighted by Crippen LogP contribution is 2.01. The molecule has 1 N–H and O–H groups in total. The number of carbonyl (C=O) groups is 2. The lowest BCUT2D eigenvalue weighted by Crippen LogP contribution is -2.45.